The van der Waals surface area contributed by atoms with Gasteiger partial charge >= 0.3 is 0 Å². The minimum Gasteiger partial charge on any atom is -0.334 e. The minimum absolute atomic E-state index is 0.0179. The zero-order valence-corrected chi connectivity index (χ0v) is 13.1. The molecule has 1 unspecified atom stereocenters. The number of likely N-dealkylation sites (tertiary alicyclic amines) is 1. The van der Waals surface area contributed by atoms with Crippen LogP contribution in [0.2, 0.25) is 0 Å². The largest absolute Gasteiger partial charge is 0.334 e. The van der Waals surface area contributed by atoms with Gasteiger partial charge in [-0.3, -0.25) is 4.79 Å². The molecule has 1 heterocycles. The SMILES string of the molecule is CNCC1CCCCN1C(=O)c1ccc(F)cc1I. The van der Waals surface area contributed by atoms with Crippen LogP contribution in [0.1, 0.15) is 29.6 Å². The molecule has 1 aliphatic rings. The molecule has 0 spiro atoms. The number of hydrogen-bond acceptors (Lipinski definition) is 2. The van der Waals surface area contributed by atoms with Gasteiger partial charge in [0, 0.05) is 22.7 Å². The Morgan fingerprint density at radius 2 is 2.32 bits per heavy atom. The maximum absolute atomic E-state index is 13.1. The van der Waals surface area contributed by atoms with E-state index in [2.05, 4.69) is 5.32 Å². The first-order chi connectivity index (χ1) is 9.13. The Labute approximate surface area is 126 Å². The summed E-state index contributed by atoms with van der Waals surface area (Å²) in [6.07, 6.45) is 3.24. The average molecular weight is 376 g/mol. The molecule has 1 amide bonds. The molecule has 1 aromatic carbocycles. The maximum Gasteiger partial charge on any atom is 0.255 e. The minimum atomic E-state index is -0.300. The Bertz CT molecular complexity index is 465. The summed E-state index contributed by atoms with van der Waals surface area (Å²) in [5, 5.41) is 3.14. The van der Waals surface area contributed by atoms with E-state index in [0.29, 0.717) is 9.13 Å². The molecular weight excluding hydrogens is 358 g/mol. The lowest BCUT2D eigenvalue weighted by atomic mass is 10.0. The van der Waals surface area contributed by atoms with Crippen molar-refractivity contribution in [2.75, 3.05) is 20.1 Å². The van der Waals surface area contributed by atoms with E-state index in [9.17, 15) is 9.18 Å². The van der Waals surface area contributed by atoms with Crippen molar-refractivity contribution in [3.8, 4) is 0 Å². The Morgan fingerprint density at radius 1 is 1.53 bits per heavy atom. The first-order valence-electron chi connectivity index (χ1n) is 6.54. The van der Waals surface area contributed by atoms with Gasteiger partial charge in [-0.25, -0.2) is 4.39 Å². The van der Waals surface area contributed by atoms with Crippen LogP contribution < -0.4 is 5.32 Å². The summed E-state index contributed by atoms with van der Waals surface area (Å²) in [4.78, 5) is 14.5. The lowest BCUT2D eigenvalue weighted by Gasteiger charge is -2.36. The highest BCUT2D eigenvalue weighted by Gasteiger charge is 2.27. The number of amides is 1. The average Bonchev–Trinajstić information content (AvgIpc) is 2.39. The molecule has 0 aliphatic carbocycles. The molecule has 1 atom stereocenters. The molecule has 0 bridgehead atoms. The predicted octanol–water partition coefficient (Wildman–Crippen LogP) is 2.64. The smallest absolute Gasteiger partial charge is 0.255 e. The van der Waals surface area contributed by atoms with Gasteiger partial charge in [-0.15, -0.1) is 0 Å². The summed E-state index contributed by atoms with van der Waals surface area (Å²) in [7, 11) is 1.90. The van der Waals surface area contributed by atoms with Crippen LogP contribution in [0.3, 0.4) is 0 Å². The Morgan fingerprint density at radius 3 is 3.00 bits per heavy atom. The van der Waals surface area contributed by atoms with Gasteiger partial charge in [-0.2, -0.15) is 0 Å². The number of piperidine rings is 1. The van der Waals surface area contributed by atoms with E-state index >= 15 is 0 Å². The van der Waals surface area contributed by atoms with Crippen LogP contribution in [0, 0.1) is 9.39 Å². The molecule has 1 saturated heterocycles. The van der Waals surface area contributed by atoms with Gasteiger partial charge in [0.1, 0.15) is 5.82 Å². The van der Waals surface area contributed by atoms with Crippen LogP contribution in [0.5, 0.6) is 0 Å². The molecule has 2 rings (SSSR count). The number of rotatable bonds is 3. The fraction of sp³-hybridized carbons (Fsp3) is 0.500. The third-order valence-corrected chi connectivity index (χ3v) is 4.38. The summed E-state index contributed by atoms with van der Waals surface area (Å²) < 4.78 is 13.8. The fourth-order valence-electron chi connectivity index (χ4n) is 2.53. The van der Waals surface area contributed by atoms with Gasteiger partial charge in [0.25, 0.3) is 5.91 Å². The van der Waals surface area contributed by atoms with E-state index in [-0.39, 0.29) is 17.8 Å². The van der Waals surface area contributed by atoms with E-state index in [1.54, 1.807) is 6.07 Å². The quantitative estimate of drug-likeness (QED) is 0.823. The Hall–Kier alpha value is -0.690. The maximum atomic E-state index is 13.1. The van der Waals surface area contributed by atoms with Crippen molar-refractivity contribution in [1.82, 2.24) is 10.2 Å². The van der Waals surface area contributed by atoms with Crippen molar-refractivity contribution in [3.63, 3.8) is 0 Å². The number of nitrogens with one attached hydrogen (secondary N) is 1. The molecule has 3 nitrogen and oxygen atoms in total. The zero-order chi connectivity index (χ0) is 13.8. The lowest BCUT2D eigenvalue weighted by Crippen LogP contribution is -2.48. The first-order valence-corrected chi connectivity index (χ1v) is 7.62. The second kappa shape index (κ2) is 6.65. The molecule has 104 valence electrons. The van der Waals surface area contributed by atoms with Crippen LogP contribution >= 0.6 is 22.6 Å². The van der Waals surface area contributed by atoms with Crippen molar-refractivity contribution in [3.05, 3.63) is 33.1 Å². The normalized spacial score (nSPS) is 19.5. The summed E-state index contributed by atoms with van der Waals surface area (Å²) in [6, 6.07) is 4.59. The van der Waals surface area contributed by atoms with Gasteiger partial charge in [0.2, 0.25) is 0 Å². The van der Waals surface area contributed by atoms with Crippen LogP contribution in [-0.4, -0.2) is 37.0 Å². The van der Waals surface area contributed by atoms with Crippen LogP contribution in [0.15, 0.2) is 18.2 Å². The number of carbonyl (C=O) groups excluding carboxylic acids is 1. The number of nitrogens with zero attached hydrogens (tertiary/aromatic N) is 1. The number of halogens is 2. The number of benzene rings is 1. The molecule has 1 N–H and O–H groups in total. The van der Waals surface area contributed by atoms with E-state index < -0.39 is 0 Å². The van der Waals surface area contributed by atoms with Gasteiger partial charge in [0.05, 0.1) is 5.56 Å². The molecule has 5 heteroatoms. The Kier molecular flexibility index (Phi) is 5.15. The zero-order valence-electron chi connectivity index (χ0n) is 11.0. The second-order valence-electron chi connectivity index (χ2n) is 4.83. The van der Waals surface area contributed by atoms with Crippen LogP contribution in [0.25, 0.3) is 0 Å². The van der Waals surface area contributed by atoms with E-state index in [4.69, 9.17) is 0 Å². The fourth-order valence-corrected chi connectivity index (χ4v) is 3.24. The second-order valence-corrected chi connectivity index (χ2v) is 5.99. The predicted molar refractivity (Wildman–Crippen MR) is 81.7 cm³/mol. The Balaban J connectivity index is 2.21. The molecule has 0 aromatic heterocycles. The van der Waals surface area contributed by atoms with Crippen molar-refractivity contribution < 1.29 is 9.18 Å². The summed E-state index contributed by atoms with van der Waals surface area (Å²) in [6.45, 7) is 1.60. The highest BCUT2D eigenvalue weighted by atomic mass is 127. The van der Waals surface area contributed by atoms with Crippen molar-refractivity contribution in [1.29, 1.82) is 0 Å². The molecule has 0 saturated carbocycles. The topological polar surface area (TPSA) is 32.3 Å². The van der Waals surface area contributed by atoms with Crippen molar-refractivity contribution in [2.24, 2.45) is 0 Å². The molecular formula is C14H18FIN2O. The van der Waals surface area contributed by atoms with E-state index in [0.717, 1.165) is 32.4 Å². The van der Waals surface area contributed by atoms with Gasteiger partial charge in [-0.1, -0.05) is 0 Å². The monoisotopic (exact) mass is 376 g/mol. The standard InChI is InChI=1S/C14H18FIN2O/c1-17-9-11-4-2-3-7-18(11)14(19)12-6-5-10(15)8-13(12)16/h5-6,8,11,17H,2-4,7,9H2,1H3. The molecule has 1 aromatic rings. The van der Waals surface area contributed by atoms with Crippen LogP contribution in [-0.2, 0) is 0 Å². The molecule has 1 aliphatic heterocycles. The van der Waals surface area contributed by atoms with Gasteiger partial charge < -0.3 is 10.2 Å². The molecule has 0 radical (unpaired) electrons. The highest BCUT2D eigenvalue weighted by molar-refractivity contribution is 14.1. The lowest BCUT2D eigenvalue weighted by molar-refractivity contribution is 0.0614. The third kappa shape index (κ3) is 3.45. The van der Waals surface area contributed by atoms with E-state index in [1.165, 1.54) is 12.1 Å². The molecule has 19 heavy (non-hydrogen) atoms. The van der Waals surface area contributed by atoms with Gasteiger partial charge in [0.15, 0.2) is 0 Å². The van der Waals surface area contributed by atoms with Gasteiger partial charge in [-0.05, 0) is 67.1 Å². The molecule has 1 fully saturated rings. The van der Waals surface area contributed by atoms with Crippen LogP contribution in [0.4, 0.5) is 4.39 Å². The number of likely N-dealkylation sites (N-methyl/N-ethyl adjacent to an activating group) is 1. The summed E-state index contributed by atoms with van der Waals surface area (Å²) >= 11 is 2.02. The number of carbonyl (C=O) groups is 1. The van der Waals surface area contributed by atoms with E-state index in [1.807, 2.05) is 34.5 Å². The summed E-state index contributed by atoms with van der Waals surface area (Å²) in [5.41, 5.74) is 0.602. The van der Waals surface area contributed by atoms with Crippen molar-refractivity contribution >= 4 is 28.5 Å². The number of hydrogen-bond donors (Lipinski definition) is 1. The highest BCUT2D eigenvalue weighted by Crippen LogP contribution is 2.22. The summed E-state index contributed by atoms with van der Waals surface area (Å²) in [5.74, 6) is -0.282. The third-order valence-electron chi connectivity index (χ3n) is 3.49. The first kappa shape index (κ1) is 14.7. The van der Waals surface area contributed by atoms with Crippen molar-refractivity contribution in [2.45, 2.75) is 25.3 Å².